The van der Waals surface area contributed by atoms with Gasteiger partial charge in [-0.25, -0.2) is 9.97 Å². The Balaban J connectivity index is 1.09. The van der Waals surface area contributed by atoms with E-state index in [9.17, 15) is 0 Å². The molecule has 48 heavy (non-hydrogen) atoms. The number of nitrogens with zero attached hydrogens (tertiary/aromatic N) is 2. The van der Waals surface area contributed by atoms with E-state index in [0.29, 0.717) is 5.92 Å². The lowest BCUT2D eigenvalue weighted by molar-refractivity contribution is 0.881. The van der Waals surface area contributed by atoms with E-state index in [-0.39, 0.29) is 0 Å². The van der Waals surface area contributed by atoms with Crippen molar-refractivity contribution in [3.05, 3.63) is 193 Å². The van der Waals surface area contributed by atoms with E-state index in [1.54, 1.807) is 0 Å². The molecule has 0 aliphatic heterocycles. The van der Waals surface area contributed by atoms with Crippen molar-refractivity contribution in [2.75, 3.05) is 0 Å². The quantitative estimate of drug-likeness (QED) is 0.193. The molecule has 2 nitrogen and oxygen atoms in total. The number of allylic oxidation sites excluding steroid dienone is 4. The minimum Gasteiger partial charge on any atom is -0.228 e. The van der Waals surface area contributed by atoms with Gasteiger partial charge in [0.2, 0.25) is 0 Å². The molecule has 226 valence electrons. The van der Waals surface area contributed by atoms with Crippen molar-refractivity contribution in [1.82, 2.24) is 9.97 Å². The van der Waals surface area contributed by atoms with E-state index in [2.05, 4.69) is 152 Å². The summed E-state index contributed by atoms with van der Waals surface area (Å²) in [6.45, 7) is 0. The number of benzene rings is 6. The predicted octanol–water partition coefficient (Wildman–Crippen LogP) is 11.8. The van der Waals surface area contributed by atoms with Crippen molar-refractivity contribution in [3.63, 3.8) is 0 Å². The van der Waals surface area contributed by atoms with Crippen LogP contribution in [0.25, 0.3) is 67.3 Å². The lowest BCUT2D eigenvalue weighted by atomic mass is 9.70. The molecule has 2 aliphatic rings. The Morgan fingerprint density at radius 2 is 0.938 bits per heavy atom. The van der Waals surface area contributed by atoms with Crippen LogP contribution < -0.4 is 0 Å². The van der Waals surface area contributed by atoms with Gasteiger partial charge in [-0.2, -0.15) is 0 Å². The van der Waals surface area contributed by atoms with E-state index in [0.717, 1.165) is 40.3 Å². The van der Waals surface area contributed by atoms with Crippen molar-refractivity contribution in [2.24, 2.45) is 0 Å². The molecule has 2 heteroatoms. The maximum atomic E-state index is 5.07. The van der Waals surface area contributed by atoms with Gasteiger partial charge in [0.25, 0.3) is 0 Å². The fourth-order valence-corrected chi connectivity index (χ4v) is 7.31. The monoisotopic (exact) mass is 612 g/mol. The number of rotatable bonds is 5. The molecule has 1 atom stereocenters. The van der Waals surface area contributed by atoms with Crippen LogP contribution in [0.15, 0.2) is 176 Å². The molecule has 0 N–H and O–H groups in total. The number of aromatic nitrogens is 2. The molecule has 0 saturated heterocycles. The fourth-order valence-electron chi connectivity index (χ4n) is 7.31. The fraction of sp³-hybridized carbons (Fsp3) is 0.0435. The smallest absolute Gasteiger partial charge is 0.160 e. The summed E-state index contributed by atoms with van der Waals surface area (Å²) in [4.78, 5) is 10.0. The minimum atomic E-state index is 0.346. The van der Waals surface area contributed by atoms with Gasteiger partial charge in [-0.05, 0) is 74.7 Å². The summed E-state index contributed by atoms with van der Waals surface area (Å²) in [6, 6.07) is 58.2. The lowest BCUT2D eigenvalue weighted by Gasteiger charge is -2.33. The second-order valence-electron chi connectivity index (χ2n) is 12.6. The Morgan fingerprint density at radius 3 is 1.69 bits per heavy atom. The first kappa shape index (κ1) is 28.1. The summed E-state index contributed by atoms with van der Waals surface area (Å²) < 4.78 is 0. The molecular weight excluding hydrogens is 581 g/mol. The molecule has 0 fully saturated rings. The maximum Gasteiger partial charge on any atom is 0.160 e. The molecule has 0 radical (unpaired) electrons. The largest absolute Gasteiger partial charge is 0.228 e. The van der Waals surface area contributed by atoms with Crippen LogP contribution in [0.2, 0.25) is 0 Å². The Morgan fingerprint density at radius 1 is 0.396 bits per heavy atom. The average Bonchev–Trinajstić information content (AvgIpc) is 3.18. The molecule has 0 bridgehead atoms. The highest BCUT2D eigenvalue weighted by molar-refractivity contribution is 5.94. The van der Waals surface area contributed by atoms with Gasteiger partial charge in [0.1, 0.15) is 0 Å². The summed E-state index contributed by atoms with van der Waals surface area (Å²) in [7, 11) is 0. The zero-order valence-corrected chi connectivity index (χ0v) is 26.4. The SMILES string of the molecule is C1=C(c2cccc(-c3cccc(-c4cc(-c5ccccc5)nc(-c5ccccc5)n4)c3)c2)CC2C(=C1)c1ccccc1-c1ccccc12. The number of hydrogen-bond donors (Lipinski definition) is 0. The second kappa shape index (κ2) is 11.9. The second-order valence-corrected chi connectivity index (χ2v) is 12.6. The molecule has 9 rings (SSSR count). The van der Waals surface area contributed by atoms with E-state index in [1.165, 1.54) is 50.1 Å². The third kappa shape index (κ3) is 5.09. The van der Waals surface area contributed by atoms with Crippen LogP contribution >= 0.6 is 0 Å². The molecule has 7 aromatic rings. The summed E-state index contributed by atoms with van der Waals surface area (Å²) >= 11 is 0. The lowest BCUT2D eigenvalue weighted by Crippen LogP contribution is -2.13. The Bertz CT molecular complexity index is 2310. The van der Waals surface area contributed by atoms with Gasteiger partial charge in [0, 0.05) is 22.6 Å². The van der Waals surface area contributed by atoms with Crippen LogP contribution in [-0.4, -0.2) is 9.97 Å². The summed E-state index contributed by atoms with van der Waals surface area (Å²) in [6.07, 6.45) is 5.67. The van der Waals surface area contributed by atoms with Crippen LogP contribution in [-0.2, 0) is 0 Å². The van der Waals surface area contributed by atoms with Gasteiger partial charge in [-0.1, -0.05) is 158 Å². The van der Waals surface area contributed by atoms with E-state index < -0.39 is 0 Å². The zero-order valence-electron chi connectivity index (χ0n) is 26.4. The molecule has 2 aliphatic carbocycles. The number of hydrogen-bond acceptors (Lipinski definition) is 2. The van der Waals surface area contributed by atoms with Crippen molar-refractivity contribution in [3.8, 4) is 56.2 Å². The number of fused-ring (bicyclic) bond motifs is 6. The Hall–Kier alpha value is -6.12. The van der Waals surface area contributed by atoms with Gasteiger partial charge in [-0.3, -0.25) is 0 Å². The van der Waals surface area contributed by atoms with Gasteiger partial charge in [-0.15, -0.1) is 0 Å². The molecule has 0 amide bonds. The highest BCUT2D eigenvalue weighted by Gasteiger charge is 2.31. The van der Waals surface area contributed by atoms with Gasteiger partial charge < -0.3 is 0 Å². The molecule has 1 unspecified atom stereocenters. The van der Waals surface area contributed by atoms with Gasteiger partial charge in [0.15, 0.2) is 5.82 Å². The Kier molecular flexibility index (Phi) is 6.98. The molecular formula is C46H32N2. The maximum absolute atomic E-state index is 5.07. The zero-order chi connectivity index (χ0) is 31.9. The van der Waals surface area contributed by atoms with E-state index in [1.807, 2.05) is 24.3 Å². The van der Waals surface area contributed by atoms with Crippen LogP contribution in [0.5, 0.6) is 0 Å². The van der Waals surface area contributed by atoms with Crippen molar-refractivity contribution in [2.45, 2.75) is 12.3 Å². The topological polar surface area (TPSA) is 25.8 Å². The molecule has 0 saturated carbocycles. The normalized spacial score (nSPS) is 14.6. The van der Waals surface area contributed by atoms with Crippen LogP contribution in [0.3, 0.4) is 0 Å². The highest BCUT2D eigenvalue weighted by Crippen LogP contribution is 2.51. The van der Waals surface area contributed by atoms with Crippen molar-refractivity contribution >= 4 is 11.1 Å². The third-order valence-corrected chi connectivity index (χ3v) is 9.68. The Labute approximate surface area is 281 Å². The van der Waals surface area contributed by atoms with Crippen LogP contribution in [0, 0.1) is 0 Å². The first-order valence-corrected chi connectivity index (χ1v) is 16.6. The van der Waals surface area contributed by atoms with Crippen molar-refractivity contribution < 1.29 is 0 Å². The minimum absolute atomic E-state index is 0.346. The first-order chi connectivity index (χ1) is 23.8. The molecule has 1 aromatic heterocycles. The van der Waals surface area contributed by atoms with Gasteiger partial charge in [0.05, 0.1) is 11.4 Å². The molecule has 0 spiro atoms. The first-order valence-electron chi connectivity index (χ1n) is 16.6. The third-order valence-electron chi connectivity index (χ3n) is 9.68. The van der Waals surface area contributed by atoms with Crippen molar-refractivity contribution in [1.29, 1.82) is 0 Å². The standard InChI is InChI=1S/C46H32N2/c1-3-13-31(14-4-1)44-30-45(48-46(47-44)32-15-5-2-6-16-32)37-20-12-19-35(28-37)33-17-11-18-34(27-33)36-25-26-42-40-23-8-7-21-38(40)39-22-9-10-24-41(39)43(42)29-36/h1-28,30,43H,29H2. The van der Waals surface area contributed by atoms with Crippen LogP contribution in [0.4, 0.5) is 0 Å². The summed E-state index contributed by atoms with van der Waals surface area (Å²) in [5.74, 6) is 1.07. The average molecular weight is 613 g/mol. The van der Waals surface area contributed by atoms with E-state index >= 15 is 0 Å². The highest BCUT2D eigenvalue weighted by atomic mass is 14.9. The van der Waals surface area contributed by atoms with Crippen LogP contribution in [0.1, 0.15) is 29.0 Å². The molecule has 1 heterocycles. The molecule has 6 aromatic carbocycles. The summed E-state index contributed by atoms with van der Waals surface area (Å²) in [5.41, 5.74) is 16.9. The van der Waals surface area contributed by atoms with Gasteiger partial charge >= 0.3 is 0 Å². The van der Waals surface area contributed by atoms with E-state index in [4.69, 9.17) is 9.97 Å². The predicted molar refractivity (Wildman–Crippen MR) is 199 cm³/mol. The summed E-state index contributed by atoms with van der Waals surface area (Å²) in [5, 5.41) is 0.